The lowest BCUT2D eigenvalue weighted by Crippen LogP contribution is -2.04. The van der Waals surface area contributed by atoms with Gasteiger partial charge in [0, 0.05) is 17.8 Å². The predicted octanol–water partition coefficient (Wildman–Crippen LogP) is 3.32. The summed E-state index contributed by atoms with van der Waals surface area (Å²) in [5.74, 6) is 3.52. The highest BCUT2D eigenvalue weighted by Gasteiger charge is 2.04. The summed E-state index contributed by atoms with van der Waals surface area (Å²) < 4.78 is 5.51. The molecule has 0 aliphatic rings. The number of hydrogen-bond donors (Lipinski definition) is 2. The normalized spacial score (nSPS) is 9.80. The lowest BCUT2D eigenvalue weighted by molar-refractivity contribution is 0.366. The zero-order valence-electron chi connectivity index (χ0n) is 11.4. The van der Waals surface area contributed by atoms with Gasteiger partial charge in [-0.3, -0.25) is 0 Å². The number of phenols is 1. The molecule has 0 bridgehead atoms. The van der Waals surface area contributed by atoms with Crippen molar-refractivity contribution in [3.05, 3.63) is 53.6 Å². The van der Waals surface area contributed by atoms with E-state index in [9.17, 15) is 5.11 Å². The van der Waals surface area contributed by atoms with E-state index in [2.05, 4.69) is 11.2 Å². The van der Waals surface area contributed by atoms with Gasteiger partial charge in [0.25, 0.3) is 0 Å². The van der Waals surface area contributed by atoms with Crippen LogP contribution in [0.15, 0.2) is 42.5 Å². The third-order valence-electron chi connectivity index (χ3n) is 2.96. The number of aryl methyl sites for hydroxylation is 1. The number of nitrogens with one attached hydrogen (secondary N) is 1. The van der Waals surface area contributed by atoms with Crippen molar-refractivity contribution < 1.29 is 9.84 Å². The molecule has 0 aromatic heterocycles. The summed E-state index contributed by atoms with van der Waals surface area (Å²) in [4.78, 5) is 0. The second-order valence-corrected chi connectivity index (χ2v) is 4.45. The fourth-order valence-corrected chi connectivity index (χ4v) is 1.95. The lowest BCUT2D eigenvalue weighted by atomic mass is 10.1. The fourth-order valence-electron chi connectivity index (χ4n) is 1.95. The number of aromatic hydroxyl groups is 1. The van der Waals surface area contributed by atoms with Crippen LogP contribution in [0.2, 0.25) is 0 Å². The summed E-state index contributed by atoms with van der Waals surface area (Å²) in [6.45, 7) is 2.84. The molecule has 0 atom stereocenters. The SMILES string of the molecule is C#CCOc1ccccc1CNc1ccc(O)cc1C. The maximum absolute atomic E-state index is 9.40. The van der Waals surface area contributed by atoms with Gasteiger partial charge in [-0.15, -0.1) is 6.42 Å². The number of ether oxygens (including phenoxy) is 1. The summed E-state index contributed by atoms with van der Waals surface area (Å²) in [6, 6.07) is 13.0. The van der Waals surface area contributed by atoms with Gasteiger partial charge >= 0.3 is 0 Å². The monoisotopic (exact) mass is 267 g/mol. The average molecular weight is 267 g/mol. The minimum atomic E-state index is 0.259. The van der Waals surface area contributed by atoms with Crippen LogP contribution in [-0.4, -0.2) is 11.7 Å². The Morgan fingerprint density at radius 3 is 2.80 bits per heavy atom. The zero-order chi connectivity index (χ0) is 14.4. The molecule has 0 saturated heterocycles. The van der Waals surface area contributed by atoms with Crippen molar-refractivity contribution in [2.24, 2.45) is 0 Å². The van der Waals surface area contributed by atoms with Crippen molar-refractivity contribution in [2.45, 2.75) is 13.5 Å². The van der Waals surface area contributed by atoms with Crippen LogP contribution < -0.4 is 10.1 Å². The Bertz CT molecular complexity index is 629. The largest absolute Gasteiger partial charge is 0.508 e. The summed E-state index contributed by atoms with van der Waals surface area (Å²) in [5, 5.41) is 12.7. The quantitative estimate of drug-likeness (QED) is 0.645. The number of hydrogen-bond acceptors (Lipinski definition) is 3. The topological polar surface area (TPSA) is 41.5 Å². The Balaban J connectivity index is 2.09. The van der Waals surface area contributed by atoms with Crippen LogP contribution >= 0.6 is 0 Å². The summed E-state index contributed by atoms with van der Waals surface area (Å²) >= 11 is 0. The number of benzene rings is 2. The highest BCUT2D eigenvalue weighted by Crippen LogP contribution is 2.23. The average Bonchev–Trinajstić information content (AvgIpc) is 2.45. The molecule has 2 rings (SSSR count). The molecule has 0 heterocycles. The molecule has 0 aliphatic heterocycles. The first-order valence-electron chi connectivity index (χ1n) is 6.38. The van der Waals surface area contributed by atoms with Gasteiger partial charge in [-0.1, -0.05) is 24.1 Å². The first-order chi connectivity index (χ1) is 9.70. The predicted molar refractivity (Wildman–Crippen MR) is 80.9 cm³/mol. The summed E-state index contributed by atoms with van der Waals surface area (Å²) in [6.07, 6.45) is 5.21. The van der Waals surface area contributed by atoms with Gasteiger partial charge in [-0.05, 0) is 36.8 Å². The van der Waals surface area contributed by atoms with Gasteiger partial charge in [0.15, 0.2) is 0 Å². The van der Waals surface area contributed by atoms with Crippen molar-refractivity contribution in [3.8, 4) is 23.8 Å². The highest BCUT2D eigenvalue weighted by atomic mass is 16.5. The number of phenolic OH excluding ortho intramolecular Hbond substituents is 1. The van der Waals surface area contributed by atoms with E-state index in [0.717, 1.165) is 22.6 Å². The van der Waals surface area contributed by atoms with Gasteiger partial charge < -0.3 is 15.2 Å². The maximum atomic E-state index is 9.40. The van der Waals surface area contributed by atoms with E-state index in [-0.39, 0.29) is 12.4 Å². The van der Waals surface area contributed by atoms with Crippen molar-refractivity contribution >= 4 is 5.69 Å². The van der Waals surface area contributed by atoms with E-state index < -0.39 is 0 Å². The summed E-state index contributed by atoms with van der Waals surface area (Å²) in [5.41, 5.74) is 3.01. The fraction of sp³-hybridized carbons (Fsp3) is 0.176. The van der Waals surface area contributed by atoms with Crippen LogP contribution in [0, 0.1) is 19.3 Å². The van der Waals surface area contributed by atoms with Gasteiger partial charge in [0.1, 0.15) is 18.1 Å². The molecular weight excluding hydrogens is 250 g/mol. The van der Waals surface area contributed by atoms with Crippen molar-refractivity contribution in [2.75, 3.05) is 11.9 Å². The molecule has 2 aromatic rings. The lowest BCUT2D eigenvalue weighted by Gasteiger charge is -2.13. The first kappa shape index (κ1) is 13.8. The Labute approximate surface area is 119 Å². The minimum Gasteiger partial charge on any atom is -0.508 e. The molecule has 0 amide bonds. The van der Waals surface area contributed by atoms with E-state index in [1.165, 1.54) is 0 Å². The molecule has 2 aromatic carbocycles. The standard InChI is InChI=1S/C17H17NO2/c1-3-10-20-17-7-5-4-6-14(17)12-18-16-9-8-15(19)11-13(16)2/h1,4-9,11,18-19H,10,12H2,2H3. The van der Waals surface area contributed by atoms with Gasteiger partial charge in [-0.25, -0.2) is 0 Å². The first-order valence-corrected chi connectivity index (χ1v) is 6.38. The molecule has 0 radical (unpaired) electrons. The third kappa shape index (κ3) is 3.46. The molecular formula is C17H17NO2. The molecule has 102 valence electrons. The molecule has 0 saturated carbocycles. The second-order valence-electron chi connectivity index (χ2n) is 4.45. The maximum Gasteiger partial charge on any atom is 0.148 e. The molecule has 3 heteroatoms. The molecule has 0 aliphatic carbocycles. The molecule has 20 heavy (non-hydrogen) atoms. The molecule has 2 N–H and O–H groups in total. The van der Waals surface area contributed by atoms with E-state index in [4.69, 9.17) is 11.2 Å². The number of para-hydroxylation sites is 1. The third-order valence-corrected chi connectivity index (χ3v) is 2.96. The number of anilines is 1. The Morgan fingerprint density at radius 1 is 1.25 bits per heavy atom. The van der Waals surface area contributed by atoms with Gasteiger partial charge in [0.05, 0.1) is 0 Å². The summed E-state index contributed by atoms with van der Waals surface area (Å²) in [7, 11) is 0. The van der Waals surface area contributed by atoms with Gasteiger partial charge in [-0.2, -0.15) is 0 Å². The van der Waals surface area contributed by atoms with Crippen LogP contribution in [0.25, 0.3) is 0 Å². The smallest absolute Gasteiger partial charge is 0.148 e. The van der Waals surface area contributed by atoms with Crippen LogP contribution in [0.5, 0.6) is 11.5 Å². The van der Waals surface area contributed by atoms with E-state index in [1.54, 1.807) is 12.1 Å². The molecule has 0 fully saturated rings. The van der Waals surface area contributed by atoms with Crippen LogP contribution in [-0.2, 0) is 6.54 Å². The van der Waals surface area contributed by atoms with Gasteiger partial charge in [0.2, 0.25) is 0 Å². The van der Waals surface area contributed by atoms with Crippen molar-refractivity contribution in [1.82, 2.24) is 0 Å². The molecule has 0 unspecified atom stereocenters. The van der Waals surface area contributed by atoms with Crippen LogP contribution in [0.1, 0.15) is 11.1 Å². The Morgan fingerprint density at radius 2 is 2.05 bits per heavy atom. The van der Waals surface area contributed by atoms with Crippen LogP contribution in [0.3, 0.4) is 0 Å². The second kappa shape index (κ2) is 6.53. The van der Waals surface area contributed by atoms with E-state index in [0.29, 0.717) is 6.54 Å². The molecule has 3 nitrogen and oxygen atoms in total. The Kier molecular flexibility index (Phi) is 4.52. The minimum absolute atomic E-state index is 0.259. The number of rotatable bonds is 5. The van der Waals surface area contributed by atoms with Crippen molar-refractivity contribution in [3.63, 3.8) is 0 Å². The molecule has 0 spiro atoms. The van der Waals surface area contributed by atoms with Crippen molar-refractivity contribution in [1.29, 1.82) is 0 Å². The van der Waals surface area contributed by atoms with Crippen LogP contribution in [0.4, 0.5) is 5.69 Å². The zero-order valence-corrected chi connectivity index (χ0v) is 11.4. The number of terminal acetylenes is 1. The van der Waals surface area contributed by atoms with E-state index >= 15 is 0 Å². The highest BCUT2D eigenvalue weighted by molar-refractivity contribution is 5.54. The Hall–Kier alpha value is -2.60. The van der Waals surface area contributed by atoms with E-state index in [1.807, 2.05) is 37.3 Å².